The molecule has 0 N–H and O–H groups in total. The van der Waals surface area contributed by atoms with E-state index in [2.05, 4.69) is 4.98 Å². The molecule has 5 nitrogen and oxygen atoms in total. The van der Waals surface area contributed by atoms with Crippen LogP contribution in [-0.2, 0) is 9.53 Å². The summed E-state index contributed by atoms with van der Waals surface area (Å²) >= 11 is 1.52. The molecule has 0 amide bonds. The highest BCUT2D eigenvalue weighted by Gasteiger charge is 2.20. The number of rotatable bonds is 7. The second-order valence-corrected chi connectivity index (χ2v) is 7.58. The third-order valence-corrected chi connectivity index (χ3v) is 5.69. The third-order valence-electron chi connectivity index (χ3n) is 4.94. The van der Waals surface area contributed by atoms with Gasteiger partial charge in [0.05, 0.1) is 0 Å². The Labute approximate surface area is 152 Å². The fourth-order valence-corrected chi connectivity index (χ4v) is 4.33. The van der Waals surface area contributed by atoms with Gasteiger partial charge >= 0.3 is 5.97 Å². The van der Waals surface area contributed by atoms with E-state index in [0.717, 1.165) is 22.9 Å². The van der Waals surface area contributed by atoms with Crippen molar-refractivity contribution in [3.05, 3.63) is 34.6 Å². The summed E-state index contributed by atoms with van der Waals surface area (Å²) in [7, 11) is 0. The van der Waals surface area contributed by atoms with Crippen LogP contribution in [0.5, 0.6) is 0 Å². The highest BCUT2D eigenvalue weighted by atomic mass is 32.1. The lowest BCUT2D eigenvalue weighted by Gasteiger charge is -2.08. The van der Waals surface area contributed by atoms with Crippen LogP contribution in [0.2, 0.25) is 0 Å². The smallest absolute Gasteiger partial charge is 0.306 e. The van der Waals surface area contributed by atoms with Gasteiger partial charge in [0.2, 0.25) is 5.78 Å². The lowest BCUT2D eigenvalue weighted by Crippen LogP contribution is -2.15. The molecule has 0 aliphatic heterocycles. The van der Waals surface area contributed by atoms with Crippen LogP contribution in [0, 0.1) is 19.8 Å². The molecule has 1 aliphatic carbocycles. The first-order valence-corrected chi connectivity index (χ1v) is 9.72. The molecule has 0 radical (unpaired) electrons. The van der Waals surface area contributed by atoms with Crippen LogP contribution < -0.4 is 0 Å². The van der Waals surface area contributed by atoms with Gasteiger partial charge in [-0.25, -0.2) is 4.98 Å². The second kappa shape index (κ2) is 7.95. The molecule has 0 aromatic carbocycles. The molecule has 6 heteroatoms. The standard InChI is InChI=1S/C19H24N2O3S/c1-13-11-16(14(2)21(13)19-20-9-10-25-19)17(22)12-24-18(23)8-7-15-5-3-4-6-15/h9-11,15H,3-8,12H2,1-2H3. The zero-order chi connectivity index (χ0) is 17.8. The van der Waals surface area contributed by atoms with E-state index in [1.54, 1.807) is 6.20 Å². The monoisotopic (exact) mass is 360 g/mol. The van der Waals surface area contributed by atoms with Gasteiger partial charge in [-0.3, -0.25) is 14.2 Å². The predicted octanol–water partition coefficient (Wildman–Crippen LogP) is 4.25. The number of ether oxygens (including phenoxy) is 1. The molecule has 0 saturated heterocycles. The lowest BCUT2D eigenvalue weighted by atomic mass is 10.0. The SMILES string of the molecule is Cc1cc(C(=O)COC(=O)CCC2CCCC2)c(C)n1-c1nccs1. The van der Waals surface area contributed by atoms with E-state index in [4.69, 9.17) is 4.74 Å². The number of ketones is 1. The Balaban J connectivity index is 1.56. The lowest BCUT2D eigenvalue weighted by molar-refractivity contribution is -0.142. The van der Waals surface area contributed by atoms with Gasteiger partial charge in [-0.15, -0.1) is 11.3 Å². The van der Waals surface area contributed by atoms with Gasteiger partial charge in [0.15, 0.2) is 11.7 Å². The number of esters is 1. The maximum atomic E-state index is 12.5. The number of aromatic nitrogens is 2. The molecule has 0 spiro atoms. The highest BCUT2D eigenvalue weighted by molar-refractivity contribution is 7.12. The summed E-state index contributed by atoms with van der Waals surface area (Å²) < 4.78 is 7.16. The fraction of sp³-hybridized carbons (Fsp3) is 0.526. The summed E-state index contributed by atoms with van der Waals surface area (Å²) in [6, 6.07) is 1.84. The number of carbonyl (C=O) groups is 2. The molecule has 1 aliphatic rings. The predicted molar refractivity (Wildman–Crippen MR) is 97.4 cm³/mol. The van der Waals surface area contributed by atoms with Crippen LogP contribution in [0.1, 0.15) is 60.3 Å². The maximum absolute atomic E-state index is 12.5. The molecule has 1 fully saturated rings. The van der Waals surface area contributed by atoms with E-state index in [9.17, 15) is 9.59 Å². The minimum atomic E-state index is -0.269. The zero-order valence-corrected chi connectivity index (χ0v) is 15.6. The first-order chi connectivity index (χ1) is 12.1. The van der Waals surface area contributed by atoms with Crippen molar-refractivity contribution in [2.24, 2.45) is 5.92 Å². The van der Waals surface area contributed by atoms with Gasteiger partial charge in [-0.2, -0.15) is 0 Å². The van der Waals surface area contributed by atoms with Crippen molar-refractivity contribution >= 4 is 23.1 Å². The highest BCUT2D eigenvalue weighted by Crippen LogP contribution is 2.28. The number of hydrogen-bond acceptors (Lipinski definition) is 5. The average Bonchev–Trinajstić information content (AvgIpc) is 3.32. The number of thiazole rings is 1. The third kappa shape index (κ3) is 4.18. The van der Waals surface area contributed by atoms with Crippen LogP contribution in [0.3, 0.4) is 0 Å². The van der Waals surface area contributed by atoms with Crippen molar-refractivity contribution in [1.29, 1.82) is 0 Å². The summed E-state index contributed by atoms with van der Waals surface area (Å²) in [4.78, 5) is 28.7. The Kier molecular flexibility index (Phi) is 5.68. The quantitative estimate of drug-likeness (QED) is 0.547. The molecule has 134 valence electrons. The van der Waals surface area contributed by atoms with Crippen molar-refractivity contribution in [3.8, 4) is 5.13 Å². The van der Waals surface area contributed by atoms with Crippen LogP contribution >= 0.6 is 11.3 Å². The van der Waals surface area contributed by atoms with Gasteiger partial charge in [0.1, 0.15) is 0 Å². The van der Waals surface area contributed by atoms with Gasteiger partial charge in [0, 0.05) is 34.9 Å². The number of nitrogens with zero attached hydrogens (tertiary/aromatic N) is 2. The van der Waals surface area contributed by atoms with E-state index < -0.39 is 0 Å². The first kappa shape index (κ1) is 17.9. The molecule has 2 heterocycles. The number of hydrogen-bond donors (Lipinski definition) is 0. The van der Waals surface area contributed by atoms with E-state index >= 15 is 0 Å². The average molecular weight is 360 g/mol. The summed E-state index contributed by atoms with van der Waals surface area (Å²) in [6.45, 7) is 3.65. The second-order valence-electron chi connectivity index (χ2n) is 6.71. The van der Waals surface area contributed by atoms with Crippen molar-refractivity contribution in [2.45, 2.75) is 52.4 Å². The molecular weight excluding hydrogens is 336 g/mol. The number of aryl methyl sites for hydroxylation is 1. The molecule has 2 aromatic heterocycles. The van der Waals surface area contributed by atoms with Gasteiger partial charge in [-0.1, -0.05) is 25.7 Å². The van der Waals surface area contributed by atoms with Gasteiger partial charge in [0.25, 0.3) is 0 Å². The molecule has 3 rings (SSSR count). The van der Waals surface area contributed by atoms with E-state index in [1.807, 2.05) is 29.9 Å². The summed E-state index contributed by atoms with van der Waals surface area (Å²) in [6.07, 6.45) is 8.01. The molecule has 0 atom stereocenters. The zero-order valence-electron chi connectivity index (χ0n) is 14.8. The van der Waals surface area contributed by atoms with Gasteiger partial charge < -0.3 is 4.74 Å². The minimum absolute atomic E-state index is 0.162. The minimum Gasteiger partial charge on any atom is -0.457 e. The van der Waals surface area contributed by atoms with E-state index in [0.29, 0.717) is 17.9 Å². The van der Waals surface area contributed by atoms with Crippen molar-refractivity contribution in [1.82, 2.24) is 9.55 Å². The molecule has 1 saturated carbocycles. The van der Waals surface area contributed by atoms with Crippen LogP contribution in [0.15, 0.2) is 17.6 Å². The van der Waals surface area contributed by atoms with Crippen molar-refractivity contribution in [3.63, 3.8) is 0 Å². The topological polar surface area (TPSA) is 61.2 Å². The first-order valence-electron chi connectivity index (χ1n) is 8.84. The Hall–Kier alpha value is -1.95. The Morgan fingerprint density at radius 3 is 2.76 bits per heavy atom. The van der Waals surface area contributed by atoms with Crippen LogP contribution in [0.25, 0.3) is 5.13 Å². The molecule has 25 heavy (non-hydrogen) atoms. The number of Topliss-reactive ketones (excluding diaryl/α,β-unsaturated/α-hetero) is 1. The summed E-state index contributed by atoms with van der Waals surface area (Å²) in [5, 5.41) is 2.74. The summed E-state index contributed by atoms with van der Waals surface area (Å²) in [5.41, 5.74) is 2.37. The summed E-state index contributed by atoms with van der Waals surface area (Å²) in [5.74, 6) is 0.222. The van der Waals surface area contributed by atoms with Crippen LogP contribution in [0.4, 0.5) is 0 Å². The fourth-order valence-electron chi connectivity index (χ4n) is 3.58. The normalized spacial score (nSPS) is 14.8. The Morgan fingerprint density at radius 2 is 2.08 bits per heavy atom. The molecular formula is C19H24N2O3S. The molecule has 2 aromatic rings. The maximum Gasteiger partial charge on any atom is 0.306 e. The molecule has 0 unspecified atom stereocenters. The van der Waals surface area contributed by atoms with Crippen molar-refractivity contribution < 1.29 is 14.3 Å². The van der Waals surface area contributed by atoms with Gasteiger partial charge in [-0.05, 0) is 32.3 Å². The van der Waals surface area contributed by atoms with E-state index in [-0.39, 0.29) is 18.4 Å². The molecule has 0 bridgehead atoms. The van der Waals surface area contributed by atoms with E-state index in [1.165, 1.54) is 37.0 Å². The largest absolute Gasteiger partial charge is 0.457 e. The van der Waals surface area contributed by atoms with Crippen LogP contribution in [-0.4, -0.2) is 27.9 Å². The Morgan fingerprint density at radius 1 is 1.32 bits per heavy atom. The number of carbonyl (C=O) groups excluding carboxylic acids is 2. The Bertz CT molecular complexity index is 743. The van der Waals surface area contributed by atoms with Crippen molar-refractivity contribution in [2.75, 3.05) is 6.61 Å².